The number of rotatable bonds is 2. The van der Waals surface area contributed by atoms with E-state index in [0.717, 1.165) is 6.33 Å². The maximum absolute atomic E-state index is 11.8. The van der Waals surface area contributed by atoms with Crippen molar-refractivity contribution >= 4 is 0 Å². The number of alkyl halides is 3. The summed E-state index contributed by atoms with van der Waals surface area (Å²) >= 11 is 0. The summed E-state index contributed by atoms with van der Waals surface area (Å²) in [6.07, 6.45) is -1.65. The number of imidazole rings is 1. The fraction of sp³-hybridized carbons (Fsp3) is 0.400. The van der Waals surface area contributed by atoms with Crippen LogP contribution in [0.4, 0.5) is 13.2 Å². The summed E-state index contributed by atoms with van der Waals surface area (Å²) in [5, 5.41) is 0. The molecule has 10 heavy (non-hydrogen) atoms. The molecule has 0 aliphatic heterocycles. The Labute approximate surface area is 55.1 Å². The summed E-state index contributed by atoms with van der Waals surface area (Å²) in [7, 11) is 0. The smallest absolute Gasteiger partial charge is 0.282 e. The zero-order valence-corrected chi connectivity index (χ0v) is 4.94. The summed E-state index contributed by atoms with van der Waals surface area (Å²) < 4.78 is 35.4. The second-order valence-corrected chi connectivity index (χ2v) is 1.70. The molecule has 0 fully saturated rings. The van der Waals surface area contributed by atoms with Gasteiger partial charge in [-0.2, -0.15) is 0 Å². The predicted octanol–water partition coefficient (Wildman–Crippen LogP) is 1.82. The summed E-state index contributed by atoms with van der Waals surface area (Å²) in [5.74, 6) is 0. The average molecular weight is 150 g/mol. The summed E-state index contributed by atoms with van der Waals surface area (Å²) in [6.45, 7) is -0.931. The molecule has 5 heteroatoms. The largest absolute Gasteiger partial charge is 0.346 e. The monoisotopic (exact) mass is 150 g/mol. The van der Waals surface area contributed by atoms with Crippen LogP contribution in [0, 0.1) is 0 Å². The van der Waals surface area contributed by atoms with Crippen LogP contribution in [0.3, 0.4) is 0 Å². The number of hydrogen-bond acceptors (Lipinski definition) is 1. The van der Waals surface area contributed by atoms with Crippen LogP contribution in [0.2, 0.25) is 0 Å². The van der Waals surface area contributed by atoms with Crippen molar-refractivity contribution in [3.05, 3.63) is 17.7 Å². The molecule has 0 atom stereocenters. The second-order valence-electron chi connectivity index (χ2n) is 1.70. The van der Waals surface area contributed by atoms with Gasteiger partial charge in [-0.15, -0.1) is 0 Å². The normalized spacial score (nSPS) is 10.8. The van der Waals surface area contributed by atoms with Crippen LogP contribution in [-0.4, -0.2) is 9.97 Å². The summed E-state index contributed by atoms with van der Waals surface area (Å²) in [5.41, 5.74) is -0.641. The quantitative estimate of drug-likeness (QED) is 0.684. The molecule has 1 N–H and O–H groups in total. The fourth-order valence-electron chi connectivity index (χ4n) is 0.627. The van der Waals surface area contributed by atoms with E-state index in [-0.39, 0.29) is 5.69 Å². The van der Waals surface area contributed by atoms with Crippen LogP contribution in [0.1, 0.15) is 17.8 Å². The molecule has 0 aliphatic rings. The minimum atomic E-state index is -2.70. The van der Waals surface area contributed by atoms with Crippen LogP contribution < -0.4 is 0 Å². The topological polar surface area (TPSA) is 28.7 Å². The van der Waals surface area contributed by atoms with Crippen molar-refractivity contribution in [3.63, 3.8) is 0 Å². The number of halogens is 3. The highest BCUT2D eigenvalue weighted by molar-refractivity contribution is 5.10. The molecule has 0 bridgehead atoms. The van der Waals surface area contributed by atoms with Gasteiger partial charge in [0.1, 0.15) is 12.4 Å². The maximum Gasteiger partial charge on any atom is 0.282 e. The number of aromatic amines is 1. The van der Waals surface area contributed by atoms with Crippen LogP contribution >= 0.6 is 0 Å². The Morgan fingerprint density at radius 2 is 2.30 bits per heavy atom. The lowest BCUT2D eigenvalue weighted by atomic mass is 10.3. The van der Waals surface area contributed by atoms with Gasteiger partial charge in [0.05, 0.1) is 12.0 Å². The third-order valence-corrected chi connectivity index (χ3v) is 1.09. The summed E-state index contributed by atoms with van der Waals surface area (Å²) in [4.78, 5) is 5.51. The van der Waals surface area contributed by atoms with Crippen LogP contribution in [-0.2, 0) is 6.67 Å². The zero-order chi connectivity index (χ0) is 7.56. The van der Waals surface area contributed by atoms with Gasteiger partial charge in [-0.05, 0) is 0 Å². The van der Waals surface area contributed by atoms with Crippen molar-refractivity contribution < 1.29 is 13.2 Å². The minimum Gasteiger partial charge on any atom is -0.346 e. The van der Waals surface area contributed by atoms with E-state index in [9.17, 15) is 13.2 Å². The van der Waals surface area contributed by atoms with Gasteiger partial charge >= 0.3 is 0 Å². The molecule has 0 aliphatic carbocycles. The molecule has 2 nitrogen and oxygen atoms in total. The first kappa shape index (κ1) is 7.11. The van der Waals surface area contributed by atoms with E-state index in [1.807, 2.05) is 0 Å². The average Bonchev–Trinajstić information content (AvgIpc) is 2.33. The Morgan fingerprint density at radius 3 is 2.70 bits per heavy atom. The molecular formula is C5H5F3N2. The van der Waals surface area contributed by atoms with Gasteiger partial charge in [0.15, 0.2) is 0 Å². The lowest BCUT2D eigenvalue weighted by Crippen LogP contribution is -1.90. The van der Waals surface area contributed by atoms with E-state index in [1.54, 1.807) is 0 Å². The van der Waals surface area contributed by atoms with Gasteiger partial charge in [0.2, 0.25) is 0 Å². The van der Waals surface area contributed by atoms with Gasteiger partial charge < -0.3 is 4.98 Å². The first-order valence-electron chi connectivity index (χ1n) is 2.62. The predicted molar refractivity (Wildman–Crippen MR) is 28.4 cm³/mol. The molecule has 0 unspecified atom stereocenters. The highest BCUT2D eigenvalue weighted by Crippen LogP contribution is 2.19. The first-order chi connectivity index (χ1) is 4.75. The van der Waals surface area contributed by atoms with Gasteiger partial charge in [0.25, 0.3) is 6.43 Å². The number of hydrogen-bond donors (Lipinski definition) is 1. The van der Waals surface area contributed by atoms with Crippen LogP contribution in [0.15, 0.2) is 6.33 Å². The van der Waals surface area contributed by atoms with E-state index in [4.69, 9.17) is 0 Å². The molecule has 0 saturated heterocycles. The van der Waals surface area contributed by atoms with Crippen molar-refractivity contribution in [1.29, 1.82) is 0 Å². The number of nitrogens with zero attached hydrogens (tertiary/aromatic N) is 1. The van der Waals surface area contributed by atoms with Gasteiger partial charge in [-0.1, -0.05) is 0 Å². The van der Waals surface area contributed by atoms with Gasteiger partial charge in [0, 0.05) is 0 Å². The number of H-pyrrole nitrogens is 1. The molecule has 0 saturated carbocycles. The highest BCUT2D eigenvalue weighted by Gasteiger charge is 2.14. The van der Waals surface area contributed by atoms with Crippen LogP contribution in [0.25, 0.3) is 0 Å². The molecule has 1 aromatic rings. The number of nitrogens with one attached hydrogen (secondary N) is 1. The standard InChI is InChI=1S/C5H5F3N2/c6-1-3-4(5(7)8)10-2-9-3/h2,5H,1H2,(H,9,10). The molecule has 0 radical (unpaired) electrons. The lowest BCUT2D eigenvalue weighted by molar-refractivity contribution is 0.144. The van der Waals surface area contributed by atoms with Crippen molar-refractivity contribution in [1.82, 2.24) is 9.97 Å². The van der Waals surface area contributed by atoms with Crippen molar-refractivity contribution in [2.45, 2.75) is 13.1 Å². The molecule has 1 heterocycles. The van der Waals surface area contributed by atoms with E-state index >= 15 is 0 Å². The van der Waals surface area contributed by atoms with Crippen molar-refractivity contribution in [2.24, 2.45) is 0 Å². The Bertz CT molecular complexity index is 208. The van der Waals surface area contributed by atoms with Crippen LogP contribution in [0.5, 0.6) is 0 Å². The van der Waals surface area contributed by atoms with Gasteiger partial charge in [-0.25, -0.2) is 18.2 Å². The number of aromatic nitrogens is 2. The second kappa shape index (κ2) is 2.72. The molecule has 0 amide bonds. The SMILES string of the molecule is FCc1[nH]cnc1C(F)F. The van der Waals surface area contributed by atoms with E-state index in [2.05, 4.69) is 9.97 Å². The Morgan fingerprint density at radius 1 is 1.60 bits per heavy atom. The van der Waals surface area contributed by atoms with E-state index in [0.29, 0.717) is 0 Å². The molecule has 0 spiro atoms. The Balaban J connectivity index is 2.90. The lowest BCUT2D eigenvalue weighted by Gasteiger charge is -1.93. The molecule has 0 aromatic carbocycles. The fourth-order valence-corrected chi connectivity index (χ4v) is 0.627. The van der Waals surface area contributed by atoms with E-state index < -0.39 is 18.8 Å². The first-order valence-corrected chi connectivity index (χ1v) is 2.62. The third kappa shape index (κ3) is 1.12. The van der Waals surface area contributed by atoms with Crippen molar-refractivity contribution in [2.75, 3.05) is 0 Å². The molecule has 56 valence electrons. The minimum absolute atomic E-state index is 0.144. The van der Waals surface area contributed by atoms with Crippen molar-refractivity contribution in [3.8, 4) is 0 Å². The zero-order valence-electron chi connectivity index (χ0n) is 4.94. The molecule has 1 rings (SSSR count). The third-order valence-electron chi connectivity index (χ3n) is 1.09. The molecule has 1 aromatic heterocycles. The maximum atomic E-state index is 11.8. The Hall–Kier alpha value is -1.00. The van der Waals surface area contributed by atoms with E-state index in [1.165, 1.54) is 0 Å². The highest BCUT2D eigenvalue weighted by atomic mass is 19.3. The summed E-state index contributed by atoms with van der Waals surface area (Å²) in [6, 6.07) is 0. The Kier molecular flexibility index (Phi) is 1.94. The molecular weight excluding hydrogens is 145 g/mol. The van der Waals surface area contributed by atoms with Gasteiger partial charge in [-0.3, -0.25) is 0 Å².